The molecule has 1 saturated heterocycles. The minimum Gasteiger partial charge on any atom is -0.403 e. The van der Waals surface area contributed by atoms with Gasteiger partial charge in [-0.25, -0.2) is 13.2 Å². The van der Waals surface area contributed by atoms with Gasteiger partial charge in [0.25, 0.3) is 0 Å². The van der Waals surface area contributed by atoms with Gasteiger partial charge >= 0.3 is 12.5 Å². The van der Waals surface area contributed by atoms with Gasteiger partial charge in [-0.05, 0) is 64.9 Å². The predicted molar refractivity (Wildman–Crippen MR) is 157 cm³/mol. The molecule has 0 bridgehead atoms. The summed E-state index contributed by atoms with van der Waals surface area (Å²) in [7, 11) is 0. The van der Waals surface area contributed by atoms with E-state index in [4.69, 9.17) is 14.2 Å². The minimum absolute atomic E-state index is 0.107. The number of unbranched alkanes of at least 4 members (excludes halogenated alkanes) is 2. The highest BCUT2D eigenvalue weighted by atomic mass is 19.4. The third-order valence-electron chi connectivity index (χ3n) is 7.54. The van der Waals surface area contributed by atoms with Crippen molar-refractivity contribution in [2.75, 3.05) is 13.2 Å². The van der Waals surface area contributed by atoms with Crippen LogP contribution in [0.3, 0.4) is 0 Å². The first kappa shape index (κ1) is 34.3. The van der Waals surface area contributed by atoms with Gasteiger partial charge in [0, 0.05) is 5.56 Å². The van der Waals surface area contributed by atoms with E-state index in [0.29, 0.717) is 16.7 Å². The van der Waals surface area contributed by atoms with Gasteiger partial charge in [0.2, 0.25) is 0 Å². The largest absolute Gasteiger partial charge is 0.573 e. The number of hydrogen-bond acceptors (Lipinski definition) is 4. The van der Waals surface area contributed by atoms with Crippen LogP contribution in [0.2, 0.25) is 0 Å². The molecule has 0 saturated carbocycles. The van der Waals surface area contributed by atoms with Crippen molar-refractivity contribution in [1.82, 2.24) is 0 Å². The smallest absolute Gasteiger partial charge is 0.403 e. The molecular formula is C35H30F8O4. The van der Waals surface area contributed by atoms with Crippen LogP contribution in [-0.2, 0) is 26.7 Å². The lowest BCUT2D eigenvalue weighted by Gasteiger charge is -2.32. The van der Waals surface area contributed by atoms with E-state index in [0.717, 1.165) is 55.5 Å². The fourth-order valence-electron chi connectivity index (χ4n) is 5.20. The quantitative estimate of drug-likeness (QED) is 0.118. The lowest BCUT2D eigenvalue weighted by molar-refractivity contribution is -0.322. The molecule has 250 valence electrons. The van der Waals surface area contributed by atoms with Gasteiger partial charge in [-0.15, -0.1) is 13.2 Å². The van der Waals surface area contributed by atoms with Crippen LogP contribution in [0.15, 0.2) is 78.9 Å². The lowest BCUT2D eigenvalue weighted by Crippen LogP contribution is -2.38. The molecule has 4 nitrogen and oxygen atoms in total. The molecule has 0 unspecified atom stereocenters. The van der Waals surface area contributed by atoms with Gasteiger partial charge < -0.3 is 18.9 Å². The molecule has 1 fully saturated rings. The van der Waals surface area contributed by atoms with Crippen LogP contribution in [0.25, 0.3) is 22.3 Å². The molecule has 0 spiro atoms. The van der Waals surface area contributed by atoms with E-state index in [1.165, 1.54) is 18.2 Å². The van der Waals surface area contributed by atoms with Gasteiger partial charge in [0.1, 0.15) is 23.3 Å². The van der Waals surface area contributed by atoms with Crippen LogP contribution in [0.5, 0.6) is 5.75 Å². The zero-order chi connectivity index (χ0) is 33.8. The Bertz CT molecular complexity index is 1630. The molecule has 0 N–H and O–H groups in total. The summed E-state index contributed by atoms with van der Waals surface area (Å²) in [4.78, 5) is 0. The van der Waals surface area contributed by atoms with Crippen molar-refractivity contribution < 1.29 is 54.1 Å². The second-order valence-corrected chi connectivity index (χ2v) is 11.0. The maximum Gasteiger partial charge on any atom is 0.573 e. The standard InChI is InChI=1S/C35H30F8O4/c1-2-3-4-5-21-6-8-23(9-7-21)26-17-29(37)32(30(38)18-26)34(39,40)46-27-19-44-33(45-20-27)24-12-10-22(11-13-24)25-14-15-31(28(36)16-25)47-35(41,42)43/h6-18,27,33H,2-5,19-20H2,1H3. The molecule has 4 aromatic rings. The van der Waals surface area contributed by atoms with E-state index in [1.807, 2.05) is 12.1 Å². The summed E-state index contributed by atoms with van der Waals surface area (Å²) in [5.41, 5.74) is 1.31. The molecule has 0 aliphatic carbocycles. The van der Waals surface area contributed by atoms with Crippen LogP contribution in [0, 0.1) is 17.5 Å². The van der Waals surface area contributed by atoms with Gasteiger partial charge in [-0.3, -0.25) is 0 Å². The zero-order valence-electron chi connectivity index (χ0n) is 25.1. The topological polar surface area (TPSA) is 36.9 Å². The van der Waals surface area contributed by atoms with E-state index in [1.54, 1.807) is 24.3 Å². The third kappa shape index (κ3) is 8.68. The summed E-state index contributed by atoms with van der Waals surface area (Å²) in [6, 6.07) is 17.9. The molecule has 12 heteroatoms. The highest BCUT2D eigenvalue weighted by Crippen LogP contribution is 2.38. The number of benzene rings is 4. The summed E-state index contributed by atoms with van der Waals surface area (Å²) in [6.07, 6.45) is -7.68. The number of ether oxygens (including phenoxy) is 4. The van der Waals surface area contributed by atoms with E-state index in [9.17, 15) is 26.3 Å². The Labute approximate surface area is 265 Å². The monoisotopic (exact) mass is 666 g/mol. The van der Waals surface area contributed by atoms with Crippen molar-refractivity contribution in [3.63, 3.8) is 0 Å². The van der Waals surface area contributed by atoms with Gasteiger partial charge in [0.15, 0.2) is 17.9 Å². The van der Waals surface area contributed by atoms with Crippen LogP contribution < -0.4 is 4.74 Å². The maximum atomic E-state index is 15.1. The number of rotatable bonds is 11. The molecule has 0 amide bonds. The number of halogens is 8. The maximum absolute atomic E-state index is 15.1. The molecule has 1 aliphatic rings. The first-order valence-corrected chi connectivity index (χ1v) is 14.9. The van der Waals surface area contributed by atoms with Crippen molar-refractivity contribution in [1.29, 1.82) is 0 Å². The fraction of sp³-hybridized carbons (Fsp3) is 0.314. The Morgan fingerprint density at radius 3 is 1.81 bits per heavy atom. The molecular weight excluding hydrogens is 636 g/mol. The summed E-state index contributed by atoms with van der Waals surface area (Å²) < 4.78 is 131. The number of alkyl halides is 5. The minimum atomic E-state index is -5.04. The third-order valence-corrected chi connectivity index (χ3v) is 7.54. The Kier molecular flexibility index (Phi) is 10.5. The summed E-state index contributed by atoms with van der Waals surface area (Å²) >= 11 is 0. The first-order valence-electron chi connectivity index (χ1n) is 14.9. The fourth-order valence-corrected chi connectivity index (χ4v) is 5.20. The van der Waals surface area contributed by atoms with Crippen molar-refractivity contribution in [2.45, 2.75) is 57.5 Å². The normalized spacial score (nSPS) is 17.1. The molecule has 5 rings (SSSR count). The second kappa shape index (κ2) is 14.4. The number of hydrogen-bond donors (Lipinski definition) is 0. The van der Waals surface area contributed by atoms with E-state index in [-0.39, 0.29) is 24.3 Å². The van der Waals surface area contributed by atoms with E-state index >= 15 is 8.78 Å². The lowest BCUT2D eigenvalue weighted by atomic mass is 9.99. The van der Waals surface area contributed by atoms with Crippen molar-refractivity contribution >= 4 is 0 Å². The molecule has 1 aliphatic heterocycles. The number of aryl methyl sites for hydroxylation is 1. The Morgan fingerprint density at radius 1 is 0.681 bits per heavy atom. The molecule has 4 aromatic carbocycles. The second-order valence-electron chi connectivity index (χ2n) is 11.0. The van der Waals surface area contributed by atoms with Crippen molar-refractivity contribution in [2.24, 2.45) is 0 Å². The molecule has 0 radical (unpaired) electrons. The van der Waals surface area contributed by atoms with Crippen LogP contribution in [0.4, 0.5) is 35.1 Å². The highest BCUT2D eigenvalue weighted by Gasteiger charge is 2.43. The first-order chi connectivity index (χ1) is 22.3. The summed E-state index contributed by atoms with van der Waals surface area (Å²) in [5, 5.41) is 0. The van der Waals surface area contributed by atoms with Gasteiger partial charge in [-0.2, -0.15) is 8.78 Å². The molecule has 0 aromatic heterocycles. The average Bonchev–Trinajstić information content (AvgIpc) is 3.02. The Hall–Kier alpha value is -4.00. The molecule has 47 heavy (non-hydrogen) atoms. The molecule has 0 atom stereocenters. The van der Waals surface area contributed by atoms with Crippen LogP contribution >= 0.6 is 0 Å². The van der Waals surface area contributed by atoms with Crippen LogP contribution in [0.1, 0.15) is 49.2 Å². The van der Waals surface area contributed by atoms with Crippen molar-refractivity contribution in [3.05, 3.63) is 113 Å². The summed E-state index contributed by atoms with van der Waals surface area (Å²) in [6.45, 7) is 1.32. The van der Waals surface area contributed by atoms with E-state index in [2.05, 4.69) is 11.7 Å². The Morgan fingerprint density at radius 2 is 1.23 bits per heavy atom. The Balaban J connectivity index is 1.18. The molecule has 1 heterocycles. The van der Waals surface area contributed by atoms with Crippen molar-refractivity contribution in [3.8, 4) is 28.0 Å². The SMILES string of the molecule is CCCCCc1ccc(-c2cc(F)c(C(F)(F)OC3COC(c4ccc(-c5ccc(OC(F)(F)F)c(F)c5)cc4)OC3)c(F)c2)cc1. The van der Waals surface area contributed by atoms with Gasteiger partial charge in [0.05, 0.1) is 13.2 Å². The highest BCUT2D eigenvalue weighted by molar-refractivity contribution is 5.65. The summed E-state index contributed by atoms with van der Waals surface area (Å²) in [5.74, 6) is -5.10. The zero-order valence-corrected chi connectivity index (χ0v) is 25.1. The predicted octanol–water partition coefficient (Wildman–Crippen LogP) is 10.2. The van der Waals surface area contributed by atoms with E-state index < -0.39 is 53.6 Å². The average molecular weight is 667 g/mol. The van der Waals surface area contributed by atoms with Crippen LogP contribution in [-0.4, -0.2) is 25.7 Å². The van der Waals surface area contributed by atoms with Gasteiger partial charge in [-0.1, -0.05) is 74.4 Å².